The molecular weight excluding hydrogens is 262 g/mol. The topological polar surface area (TPSA) is 61.6 Å². The number of carbonyl (C=O) groups excluding carboxylic acids is 1. The molecule has 0 unspecified atom stereocenters. The third kappa shape index (κ3) is 2.92. The minimum absolute atomic E-state index is 0.0118. The van der Waals surface area contributed by atoms with Crippen molar-refractivity contribution in [1.82, 2.24) is 0 Å². The van der Waals surface area contributed by atoms with E-state index in [2.05, 4.69) is 0 Å². The number of hydrogen-bond acceptors (Lipinski definition) is 5. The van der Waals surface area contributed by atoms with Crippen LogP contribution in [0.15, 0.2) is 0 Å². The molecule has 106 valence electrons. The van der Waals surface area contributed by atoms with Crippen LogP contribution in [0.4, 0.5) is 5.00 Å². The van der Waals surface area contributed by atoms with Crippen LogP contribution in [0.3, 0.4) is 0 Å². The van der Waals surface area contributed by atoms with E-state index in [1.807, 2.05) is 34.6 Å². The van der Waals surface area contributed by atoms with Crippen molar-refractivity contribution < 1.29 is 14.3 Å². The van der Waals surface area contributed by atoms with E-state index in [0.29, 0.717) is 17.0 Å². The zero-order valence-corrected chi connectivity index (χ0v) is 12.9. The number of anilines is 1. The van der Waals surface area contributed by atoms with Crippen molar-refractivity contribution >= 4 is 22.3 Å². The lowest BCUT2D eigenvalue weighted by Crippen LogP contribution is -2.26. The van der Waals surface area contributed by atoms with Gasteiger partial charge >= 0.3 is 5.97 Å². The van der Waals surface area contributed by atoms with Gasteiger partial charge in [-0.2, -0.15) is 0 Å². The van der Waals surface area contributed by atoms with Gasteiger partial charge in [-0.1, -0.05) is 0 Å². The van der Waals surface area contributed by atoms with E-state index in [0.717, 1.165) is 10.4 Å². The molecule has 0 radical (unpaired) electrons. The Labute approximate surface area is 117 Å². The molecule has 0 fully saturated rings. The second-order valence-electron chi connectivity index (χ2n) is 5.98. The summed E-state index contributed by atoms with van der Waals surface area (Å²) < 4.78 is 11.2. The molecule has 5 heteroatoms. The van der Waals surface area contributed by atoms with Gasteiger partial charge in [-0.15, -0.1) is 11.3 Å². The lowest BCUT2D eigenvalue weighted by Gasteiger charge is -2.26. The Bertz CT molecular complexity index is 502. The second kappa shape index (κ2) is 4.80. The maximum atomic E-state index is 12.3. The summed E-state index contributed by atoms with van der Waals surface area (Å²) in [5, 5.41) is 0.531. The number of nitrogens with two attached hydrogens (primary N) is 1. The molecule has 0 saturated heterocycles. The Morgan fingerprint density at radius 2 is 2.05 bits per heavy atom. The molecule has 1 aliphatic rings. The molecule has 2 heterocycles. The van der Waals surface area contributed by atoms with Crippen LogP contribution in [-0.2, 0) is 15.9 Å². The van der Waals surface area contributed by atoms with Gasteiger partial charge in [0, 0.05) is 11.3 Å². The van der Waals surface area contributed by atoms with Gasteiger partial charge in [-0.3, -0.25) is 0 Å². The van der Waals surface area contributed by atoms with E-state index in [9.17, 15) is 4.79 Å². The summed E-state index contributed by atoms with van der Waals surface area (Å²) in [6, 6.07) is 0. The quantitative estimate of drug-likeness (QED) is 0.803. The molecule has 0 amide bonds. The lowest BCUT2D eigenvalue weighted by atomic mass is 9.99. The van der Waals surface area contributed by atoms with E-state index >= 15 is 0 Å². The third-order valence-electron chi connectivity index (χ3n) is 2.97. The van der Waals surface area contributed by atoms with Crippen LogP contribution < -0.4 is 5.73 Å². The molecule has 2 rings (SSSR count). The van der Waals surface area contributed by atoms with Crippen molar-refractivity contribution in [3.05, 3.63) is 16.0 Å². The van der Waals surface area contributed by atoms with Crippen LogP contribution >= 0.6 is 11.3 Å². The summed E-state index contributed by atoms with van der Waals surface area (Å²) in [4.78, 5) is 13.3. The first-order valence-corrected chi connectivity index (χ1v) is 7.30. The van der Waals surface area contributed by atoms with Crippen LogP contribution in [0.25, 0.3) is 0 Å². The van der Waals surface area contributed by atoms with Crippen LogP contribution in [0.2, 0.25) is 0 Å². The van der Waals surface area contributed by atoms with E-state index in [-0.39, 0.29) is 18.2 Å². The largest absolute Gasteiger partial charge is 0.456 e. The number of esters is 1. The standard InChI is InChI=1S/C14H21NO3S/c1-7-6-9-10(13(16)18-14(3,4)5)12(15)19-11(9)8(2)17-7/h7-8H,6,15H2,1-5H3/t7-,8-/m1/s1. The molecule has 0 aliphatic carbocycles. The molecule has 0 saturated carbocycles. The Morgan fingerprint density at radius 3 is 2.63 bits per heavy atom. The fourth-order valence-electron chi connectivity index (χ4n) is 2.33. The number of nitrogen functional groups attached to an aromatic ring is 1. The van der Waals surface area contributed by atoms with Gasteiger partial charge in [0.2, 0.25) is 0 Å². The average Bonchev–Trinajstić information content (AvgIpc) is 2.52. The van der Waals surface area contributed by atoms with Crippen LogP contribution in [-0.4, -0.2) is 17.7 Å². The van der Waals surface area contributed by atoms with Crippen LogP contribution in [0.1, 0.15) is 61.5 Å². The van der Waals surface area contributed by atoms with Crippen molar-refractivity contribution in [2.75, 3.05) is 5.73 Å². The molecule has 19 heavy (non-hydrogen) atoms. The number of fused-ring (bicyclic) bond motifs is 1. The molecule has 1 aliphatic heterocycles. The smallest absolute Gasteiger partial charge is 0.341 e. The van der Waals surface area contributed by atoms with Crippen molar-refractivity contribution in [3.63, 3.8) is 0 Å². The fourth-order valence-corrected chi connectivity index (χ4v) is 3.41. The SMILES string of the molecule is C[C@@H]1Cc2c(sc(N)c2C(=O)OC(C)(C)C)[C@@H](C)O1. The summed E-state index contributed by atoms with van der Waals surface area (Å²) >= 11 is 1.43. The van der Waals surface area contributed by atoms with Crippen molar-refractivity contribution in [3.8, 4) is 0 Å². The highest BCUT2D eigenvalue weighted by Gasteiger charge is 2.32. The van der Waals surface area contributed by atoms with Gasteiger partial charge < -0.3 is 15.2 Å². The van der Waals surface area contributed by atoms with Gasteiger partial charge in [0.25, 0.3) is 0 Å². The highest BCUT2D eigenvalue weighted by Crippen LogP contribution is 2.41. The minimum Gasteiger partial charge on any atom is -0.456 e. The normalized spacial score (nSPS) is 23.0. The van der Waals surface area contributed by atoms with Gasteiger partial charge in [0.15, 0.2) is 0 Å². The molecular formula is C14H21NO3S. The van der Waals surface area contributed by atoms with E-state index in [4.69, 9.17) is 15.2 Å². The van der Waals surface area contributed by atoms with Crippen molar-refractivity contribution in [1.29, 1.82) is 0 Å². The predicted molar refractivity (Wildman–Crippen MR) is 76.6 cm³/mol. The van der Waals surface area contributed by atoms with Crippen molar-refractivity contribution in [2.24, 2.45) is 0 Å². The summed E-state index contributed by atoms with van der Waals surface area (Å²) in [5.74, 6) is -0.330. The Hall–Kier alpha value is -1.07. The van der Waals surface area contributed by atoms with Gasteiger partial charge in [-0.05, 0) is 40.2 Å². The van der Waals surface area contributed by atoms with Gasteiger partial charge in [0.05, 0.1) is 17.8 Å². The molecule has 1 aromatic rings. The lowest BCUT2D eigenvalue weighted by molar-refractivity contribution is -0.00384. The molecule has 2 atom stereocenters. The summed E-state index contributed by atoms with van der Waals surface area (Å²) in [6.45, 7) is 9.56. The van der Waals surface area contributed by atoms with Gasteiger partial charge in [0.1, 0.15) is 10.6 Å². The minimum atomic E-state index is -0.513. The predicted octanol–water partition coefficient (Wildman–Crippen LogP) is 3.31. The number of thiophene rings is 1. The average molecular weight is 283 g/mol. The Morgan fingerprint density at radius 1 is 1.42 bits per heavy atom. The maximum absolute atomic E-state index is 12.3. The monoisotopic (exact) mass is 283 g/mol. The zero-order chi connectivity index (χ0) is 14.4. The van der Waals surface area contributed by atoms with E-state index in [1.54, 1.807) is 0 Å². The summed E-state index contributed by atoms with van der Waals surface area (Å²) in [7, 11) is 0. The molecule has 2 N–H and O–H groups in total. The molecule has 0 aromatic carbocycles. The molecule has 1 aromatic heterocycles. The summed E-state index contributed by atoms with van der Waals surface area (Å²) in [6.07, 6.45) is 0.794. The highest BCUT2D eigenvalue weighted by molar-refractivity contribution is 7.16. The fraction of sp³-hybridized carbons (Fsp3) is 0.643. The molecule has 4 nitrogen and oxygen atoms in total. The first-order valence-electron chi connectivity index (χ1n) is 6.49. The van der Waals surface area contributed by atoms with Crippen LogP contribution in [0, 0.1) is 0 Å². The number of ether oxygens (including phenoxy) is 2. The van der Waals surface area contributed by atoms with E-state index in [1.165, 1.54) is 11.3 Å². The number of carbonyl (C=O) groups is 1. The highest BCUT2D eigenvalue weighted by atomic mass is 32.1. The number of hydrogen-bond donors (Lipinski definition) is 1. The zero-order valence-electron chi connectivity index (χ0n) is 12.1. The third-order valence-corrected chi connectivity index (χ3v) is 4.19. The number of rotatable bonds is 1. The van der Waals surface area contributed by atoms with Crippen LogP contribution in [0.5, 0.6) is 0 Å². The first kappa shape index (κ1) is 14.3. The molecule has 0 bridgehead atoms. The first-order chi connectivity index (χ1) is 8.69. The van der Waals surface area contributed by atoms with Crippen molar-refractivity contribution in [2.45, 2.75) is 58.8 Å². The Kier molecular flexibility index (Phi) is 3.62. The molecule has 0 spiro atoms. The van der Waals surface area contributed by atoms with E-state index < -0.39 is 5.60 Å². The maximum Gasteiger partial charge on any atom is 0.341 e. The Balaban J connectivity index is 2.39. The summed E-state index contributed by atoms with van der Waals surface area (Å²) in [5.41, 5.74) is 7.04. The van der Waals surface area contributed by atoms with Gasteiger partial charge in [-0.25, -0.2) is 4.79 Å². The second-order valence-corrected chi connectivity index (χ2v) is 7.06.